The van der Waals surface area contributed by atoms with E-state index in [1.54, 1.807) is 0 Å². The second-order valence-electron chi connectivity index (χ2n) is 5.72. The first-order chi connectivity index (χ1) is 10.1. The highest BCUT2D eigenvalue weighted by atomic mass is 16.6. The third-order valence-electron chi connectivity index (χ3n) is 4.47. The second-order valence-corrected chi connectivity index (χ2v) is 5.72. The molecule has 0 spiro atoms. The van der Waals surface area contributed by atoms with Crippen LogP contribution in [0.15, 0.2) is 36.4 Å². The van der Waals surface area contributed by atoms with Crippen LogP contribution >= 0.6 is 0 Å². The van der Waals surface area contributed by atoms with Crippen LogP contribution in [0.2, 0.25) is 0 Å². The lowest BCUT2D eigenvalue weighted by molar-refractivity contribution is -0.139. The third kappa shape index (κ3) is 2.28. The van der Waals surface area contributed by atoms with Crippen LogP contribution in [0.25, 0.3) is 0 Å². The number of hydrogen-bond acceptors (Lipinski definition) is 4. The zero-order valence-electron chi connectivity index (χ0n) is 12.4. The molecule has 2 aliphatic rings. The average molecular weight is 288 g/mol. The highest BCUT2D eigenvalue weighted by Gasteiger charge is 2.56. The molecule has 112 valence electrons. The van der Waals surface area contributed by atoms with Gasteiger partial charge < -0.3 is 14.2 Å². The molecular weight excluding hydrogens is 268 g/mol. The van der Waals surface area contributed by atoms with Crippen LogP contribution < -0.4 is 0 Å². The van der Waals surface area contributed by atoms with E-state index >= 15 is 0 Å². The van der Waals surface area contributed by atoms with Crippen molar-refractivity contribution in [3.63, 3.8) is 0 Å². The van der Waals surface area contributed by atoms with Gasteiger partial charge in [0.1, 0.15) is 5.60 Å². The first-order valence-electron chi connectivity index (χ1n) is 7.20. The minimum absolute atomic E-state index is 0.0719. The normalized spacial score (nSPS) is 31.0. The first kappa shape index (κ1) is 14.3. The van der Waals surface area contributed by atoms with Gasteiger partial charge in [0.25, 0.3) is 0 Å². The van der Waals surface area contributed by atoms with Crippen LogP contribution in [0.3, 0.4) is 0 Å². The van der Waals surface area contributed by atoms with Gasteiger partial charge in [-0.15, -0.1) is 0 Å². The number of esters is 1. The molecule has 1 aromatic rings. The van der Waals surface area contributed by atoms with Crippen LogP contribution in [0, 0.1) is 6.92 Å². The van der Waals surface area contributed by atoms with E-state index in [9.17, 15) is 4.79 Å². The van der Waals surface area contributed by atoms with Crippen molar-refractivity contribution in [1.82, 2.24) is 0 Å². The molecule has 2 fully saturated rings. The summed E-state index contributed by atoms with van der Waals surface area (Å²) in [4.78, 5) is 11.9. The van der Waals surface area contributed by atoms with Gasteiger partial charge >= 0.3 is 5.97 Å². The molecule has 0 saturated carbocycles. The second kappa shape index (κ2) is 5.28. The fourth-order valence-electron chi connectivity index (χ4n) is 3.24. The molecule has 4 heteroatoms. The van der Waals surface area contributed by atoms with E-state index in [1.165, 1.54) is 12.7 Å². The SMILES string of the molecule is C=C(C(=O)OC)[C@]12CC(c3ccc(C)cc3)OC1CCO2. The van der Waals surface area contributed by atoms with Crippen LogP contribution in [0.4, 0.5) is 0 Å². The Hall–Kier alpha value is -1.65. The molecule has 21 heavy (non-hydrogen) atoms. The summed E-state index contributed by atoms with van der Waals surface area (Å²) in [5.41, 5.74) is 1.95. The number of carbonyl (C=O) groups is 1. The molecule has 0 radical (unpaired) electrons. The molecule has 2 saturated heterocycles. The number of fused-ring (bicyclic) bond motifs is 1. The molecule has 1 aromatic carbocycles. The van der Waals surface area contributed by atoms with Gasteiger partial charge in [0.15, 0.2) is 0 Å². The Morgan fingerprint density at radius 3 is 2.76 bits per heavy atom. The Morgan fingerprint density at radius 2 is 2.10 bits per heavy atom. The highest BCUT2D eigenvalue weighted by Crippen LogP contribution is 2.50. The number of rotatable bonds is 3. The Morgan fingerprint density at radius 1 is 1.38 bits per heavy atom. The number of ether oxygens (including phenoxy) is 3. The molecule has 4 nitrogen and oxygen atoms in total. The zero-order chi connectivity index (χ0) is 15.0. The van der Waals surface area contributed by atoms with Gasteiger partial charge in [-0.1, -0.05) is 36.4 Å². The van der Waals surface area contributed by atoms with E-state index < -0.39 is 11.6 Å². The summed E-state index contributed by atoms with van der Waals surface area (Å²) < 4.78 is 16.8. The van der Waals surface area contributed by atoms with Crippen molar-refractivity contribution in [2.24, 2.45) is 0 Å². The standard InChI is InChI=1S/C17H20O4/c1-11-4-6-13(7-5-11)14-10-17(12(2)16(18)19-3)15(21-14)8-9-20-17/h4-7,14-15H,2,8-10H2,1,3H3/t14?,15?,17-/m1/s1. The van der Waals surface area contributed by atoms with Gasteiger partial charge in [-0.25, -0.2) is 4.79 Å². The predicted octanol–water partition coefficient (Wildman–Crippen LogP) is 2.71. The van der Waals surface area contributed by atoms with Gasteiger partial charge in [0.2, 0.25) is 0 Å². The van der Waals surface area contributed by atoms with Gasteiger partial charge in [-0.3, -0.25) is 0 Å². The maximum absolute atomic E-state index is 11.9. The van der Waals surface area contributed by atoms with E-state index in [-0.39, 0.29) is 12.2 Å². The van der Waals surface area contributed by atoms with Crippen molar-refractivity contribution < 1.29 is 19.0 Å². The predicted molar refractivity (Wildman–Crippen MR) is 77.9 cm³/mol. The van der Waals surface area contributed by atoms with Crippen molar-refractivity contribution in [2.75, 3.05) is 13.7 Å². The lowest BCUT2D eigenvalue weighted by Gasteiger charge is -2.27. The van der Waals surface area contributed by atoms with Crippen molar-refractivity contribution in [1.29, 1.82) is 0 Å². The van der Waals surface area contributed by atoms with Gasteiger partial charge in [0, 0.05) is 12.8 Å². The lowest BCUT2D eigenvalue weighted by Crippen LogP contribution is -2.40. The minimum Gasteiger partial charge on any atom is -0.466 e. The van der Waals surface area contributed by atoms with Gasteiger partial charge in [-0.2, -0.15) is 0 Å². The Kier molecular flexibility index (Phi) is 3.59. The number of hydrogen-bond donors (Lipinski definition) is 0. The lowest BCUT2D eigenvalue weighted by atomic mass is 9.85. The van der Waals surface area contributed by atoms with Crippen molar-refractivity contribution in [2.45, 2.75) is 37.6 Å². The Balaban J connectivity index is 1.86. The monoisotopic (exact) mass is 288 g/mol. The number of methoxy groups -OCH3 is 1. The highest BCUT2D eigenvalue weighted by molar-refractivity contribution is 5.90. The van der Waals surface area contributed by atoms with Crippen molar-refractivity contribution in [3.05, 3.63) is 47.5 Å². The van der Waals surface area contributed by atoms with E-state index in [0.29, 0.717) is 18.6 Å². The summed E-state index contributed by atoms with van der Waals surface area (Å²) in [6.45, 7) is 6.54. The van der Waals surface area contributed by atoms with Crippen molar-refractivity contribution in [3.8, 4) is 0 Å². The summed E-state index contributed by atoms with van der Waals surface area (Å²) in [5, 5.41) is 0. The zero-order valence-corrected chi connectivity index (χ0v) is 12.4. The Labute approximate surface area is 124 Å². The number of aryl methyl sites for hydroxylation is 1. The maximum atomic E-state index is 11.9. The quantitative estimate of drug-likeness (QED) is 0.633. The molecule has 3 rings (SSSR count). The first-order valence-corrected chi connectivity index (χ1v) is 7.20. The summed E-state index contributed by atoms with van der Waals surface area (Å²) in [5.74, 6) is -0.421. The smallest absolute Gasteiger partial charge is 0.336 e. The van der Waals surface area contributed by atoms with Crippen LogP contribution in [-0.4, -0.2) is 31.4 Å². The Bertz CT molecular complexity index is 563. The van der Waals surface area contributed by atoms with E-state index in [1.807, 2.05) is 0 Å². The van der Waals surface area contributed by atoms with E-state index in [0.717, 1.165) is 12.0 Å². The molecule has 3 atom stereocenters. The van der Waals surface area contributed by atoms with Crippen LogP contribution in [0.1, 0.15) is 30.1 Å². The molecule has 0 amide bonds. The van der Waals surface area contributed by atoms with E-state index in [2.05, 4.69) is 37.8 Å². The summed E-state index contributed by atoms with van der Waals surface area (Å²) in [6, 6.07) is 8.26. The summed E-state index contributed by atoms with van der Waals surface area (Å²) >= 11 is 0. The topological polar surface area (TPSA) is 44.8 Å². The third-order valence-corrected chi connectivity index (χ3v) is 4.47. The average Bonchev–Trinajstić information content (AvgIpc) is 3.04. The molecular formula is C17H20O4. The van der Waals surface area contributed by atoms with Crippen molar-refractivity contribution >= 4 is 5.97 Å². The van der Waals surface area contributed by atoms with E-state index in [4.69, 9.17) is 14.2 Å². The largest absolute Gasteiger partial charge is 0.466 e. The fourth-order valence-corrected chi connectivity index (χ4v) is 3.24. The number of benzene rings is 1. The maximum Gasteiger partial charge on any atom is 0.336 e. The molecule has 0 bridgehead atoms. The molecule has 0 aromatic heterocycles. The summed E-state index contributed by atoms with van der Waals surface area (Å²) in [6.07, 6.45) is 1.18. The summed E-state index contributed by atoms with van der Waals surface area (Å²) in [7, 11) is 1.36. The molecule has 0 N–H and O–H groups in total. The molecule has 2 aliphatic heterocycles. The molecule has 0 aliphatic carbocycles. The number of carbonyl (C=O) groups excluding carboxylic acids is 1. The fraction of sp³-hybridized carbons (Fsp3) is 0.471. The minimum atomic E-state index is -0.733. The molecule has 2 heterocycles. The molecule has 2 unspecified atom stereocenters. The van der Waals surface area contributed by atoms with Crippen LogP contribution in [-0.2, 0) is 19.0 Å². The van der Waals surface area contributed by atoms with Crippen LogP contribution in [0.5, 0.6) is 0 Å². The van der Waals surface area contributed by atoms with Gasteiger partial charge in [-0.05, 0) is 12.5 Å². The van der Waals surface area contributed by atoms with Gasteiger partial charge in [0.05, 0.1) is 31.5 Å².